The fraction of sp³-hybridized carbons (Fsp3) is 0.294. The second kappa shape index (κ2) is 8.68. The van der Waals surface area contributed by atoms with E-state index in [1.54, 1.807) is 24.5 Å². The molecule has 0 unspecified atom stereocenters. The zero-order chi connectivity index (χ0) is 18.3. The van der Waals surface area contributed by atoms with Gasteiger partial charge < -0.3 is 5.32 Å². The number of rotatable bonds is 8. The predicted octanol–water partition coefficient (Wildman–Crippen LogP) is 1.69. The molecule has 1 aromatic carbocycles. The van der Waals surface area contributed by atoms with Crippen LogP contribution in [-0.2, 0) is 27.9 Å². The van der Waals surface area contributed by atoms with Gasteiger partial charge in [-0.3, -0.25) is 9.78 Å². The molecule has 0 fully saturated rings. The Labute approximate surface area is 146 Å². The summed E-state index contributed by atoms with van der Waals surface area (Å²) in [5, 5.41) is 2.74. The lowest BCUT2D eigenvalue weighted by atomic mass is 10.2. The summed E-state index contributed by atoms with van der Waals surface area (Å²) in [4.78, 5) is 15.8. The fourth-order valence-corrected chi connectivity index (χ4v) is 2.98. The number of carbonyl (C=O) groups excluding carboxylic acids is 1. The van der Waals surface area contributed by atoms with E-state index < -0.39 is 10.0 Å². The van der Waals surface area contributed by atoms with Crippen LogP contribution in [-0.4, -0.2) is 36.4 Å². The molecule has 0 aliphatic rings. The Morgan fingerprint density at radius 2 is 1.76 bits per heavy atom. The summed E-state index contributed by atoms with van der Waals surface area (Å²) in [6.45, 7) is 0.507. The van der Waals surface area contributed by atoms with E-state index in [2.05, 4.69) is 10.3 Å². The number of nitrogens with one attached hydrogen (secondary N) is 1. The molecular formula is C17H20FN3O3S. The van der Waals surface area contributed by atoms with E-state index in [-0.39, 0.29) is 31.2 Å². The van der Waals surface area contributed by atoms with Gasteiger partial charge in [0.1, 0.15) is 5.82 Å². The Bertz CT molecular complexity index is 796. The number of hydrogen-bond donors (Lipinski definition) is 1. The lowest BCUT2D eigenvalue weighted by molar-refractivity contribution is -0.121. The summed E-state index contributed by atoms with van der Waals surface area (Å²) in [5.41, 5.74) is 1.57. The maximum absolute atomic E-state index is 12.9. The Hall–Kier alpha value is -2.32. The number of hydrogen-bond acceptors (Lipinski definition) is 4. The first-order valence-corrected chi connectivity index (χ1v) is 9.54. The molecular weight excluding hydrogens is 345 g/mol. The monoisotopic (exact) mass is 365 g/mol. The van der Waals surface area contributed by atoms with Gasteiger partial charge in [0.05, 0.1) is 6.26 Å². The normalized spacial score (nSPS) is 11.5. The predicted molar refractivity (Wildman–Crippen MR) is 92.4 cm³/mol. The number of amides is 1. The van der Waals surface area contributed by atoms with Crippen LogP contribution in [0.1, 0.15) is 17.5 Å². The molecule has 1 heterocycles. The molecule has 8 heteroatoms. The van der Waals surface area contributed by atoms with E-state index in [1.165, 1.54) is 28.6 Å². The zero-order valence-electron chi connectivity index (χ0n) is 13.9. The Morgan fingerprint density at radius 1 is 1.12 bits per heavy atom. The van der Waals surface area contributed by atoms with Crippen LogP contribution in [0.3, 0.4) is 0 Å². The van der Waals surface area contributed by atoms with Crippen molar-refractivity contribution in [3.8, 4) is 0 Å². The molecule has 0 atom stereocenters. The van der Waals surface area contributed by atoms with Crippen LogP contribution in [0.5, 0.6) is 0 Å². The third kappa shape index (κ3) is 6.60. The molecule has 0 saturated heterocycles. The minimum Gasteiger partial charge on any atom is -0.352 e. The van der Waals surface area contributed by atoms with Crippen molar-refractivity contribution in [1.29, 1.82) is 0 Å². The van der Waals surface area contributed by atoms with E-state index in [4.69, 9.17) is 0 Å². The molecule has 0 saturated carbocycles. The Kier molecular flexibility index (Phi) is 6.60. The van der Waals surface area contributed by atoms with Gasteiger partial charge in [-0.05, 0) is 35.4 Å². The van der Waals surface area contributed by atoms with Gasteiger partial charge in [0.2, 0.25) is 15.9 Å². The number of nitrogens with zero attached hydrogens (tertiary/aromatic N) is 2. The van der Waals surface area contributed by atoms with Crippen molar-refractivity contribution in [2.75, 3.05) is 12.8 Å². The minimum absolute atomic E-state index is 0.0410. The van der Waals surface area contributed by atoms with Crippen LogP contribution in [0.15, 0.2) is 48.8 Å². The summed E-state index contributed by atoms with van der Waals surface area (Å²) in [7, 11) is -3.48. The SMILES string of the molecule is CS(=O)(=O)N(CCC(=O)NCc1ccncc1)Cc1ccc(F)cc1. The molecule has 6 nitrogen and oxygen atoms in total. The van der Waals surface area contributed by atoms with Crippen molar-refractivity contribution in [2.24, 2.45) is 0 Å². The van der Waals surface area contributed by atoms with Crippen molar-refractivity contribution in [1.82, 2.24) is 14.6 Å². The topological polar surface area (TPSA) is 79.4 Å². The van der Waals surface area contributed by atoms with Crippen molar-refractivity contribution >= 4 is 15.9 Å². The van der Waals surface area contributed by atoms with Crippen LogP contribution >= 0.6 is 0 Å². The number of halogens is 1. The number of pyridine rings is 1. The Balaban J connectivity index is 1.89. The number of benzene rings is 1. The van der Waals surface area contributed by atoms with E-state index in [9.17, 15) is 17.6 Å². The van der Waals surface area contributed by atoms with E-state index in [0.717, 1.165) is 11.8 Å². The van der Waals surface area contributed by atoms with Gasteiger partial charge >= 0.3 is 0 Å². The third-order valence-electron chi connectivity index (χ3n) is 3.57. The highest BCUT2D eigenvalue weighted by Gasteiger charge is 2.18. The molecule has 0 radical (unpaired) electrons. The molecule has 134 valence electrons. The van der Waals surface area contributed by atoms with E-state index in [1.807, 2.05) is 0 Å². The van der Waals surface area contributed by atoms with Gasteiger partial charge in [0, 0.05) is 38.4 Å². The lowest BCUT2D eigenvalue weighted by Gasteiger charge is -2.19. The first-order chi connectivity index (χ1) is 11.8. The minimum atomic E-state index is -3.48. The van der Waals surface area contributed by atoms with Gasteiger partial charge in [-0.2, -0.15) is 4.31 Å². The summed E-state index contributed by atoms with van der Waals surface area (Å²) >= 11 is 0. The molecule has 0 aliphatic heterocycles. The van der Waals surface area contributed by atoms with Crippen LogP contribution in [0.25, 0.3) is 0 Å². The highest BCUT2D eigenvalue weighted by molar-refractivity contribution is 7.88. The second-order valence-electron chi connectivity index (χ2n) is 5.61. The van der Waals surface area contributed by atoms with Gasteiger partial charge in [-0.25, -0.2) is 12.8 Å². The van der Waals surface area contributed by atoms with E-state index in [0.29, 0.717) is 12.1 Å². The molecule has 0 aliphatic carbocycles. The molecule has 2 rings (SSSR count). The molecule has 1 amide bonds. The number of sulfonamides is 1. The molecule has 0 bridgehead atoms. The van der Waals surface area contributed by atoms with Crippen molar-refractivity contribution in [3.63, 3.8) is 0 Å². The van der Waals surface area contributed by atoms with Crippen molar-refractivity contribution < 1.29 is 17.6 Å². The van der Waals surface area contributed by atoms with Crippen LogP contribution in [0.2, 0.25) is 0 Å². The van der Waals surface area contributed by atoms with Crippen LogP contribution in [0, 0.1) is 5.82 Å². The molecule has 1 aromatic heterocycles. The highest BCUT2D eigenvalue weighted by Crippen LogP contribution is 2.10. The van der Waals surface area contributed by atoms with Gasteiger partial charge in [-0.15, -0.1) is 0 Å². The van der Waals surface area contributed by atoms with Gasteiger partial charge in [-0.1, -0.05) is 12.1 Å². The average molecular weight is 365 g/mol. The maximum Gasteiger partial charge on any atom is 0.221 e. The lowest BCUT2D eigenvalue weighted by Crippen LogP contribution is -2.34. The molecule has 0 spiro atoms. The molecule has 2 aromatic rings. The van der Waals surface area contributed by atoms with Gasteiger partial charge in [0.25, 0.3) is 0 Å². The number of carbonyl (C=O) groups is 1. The second-order valence-corrected chi connectivity index (χ2v) is 7.59. The largest absolute Gasteiger partial charge is 0.352 e. The van der Waals surface area contributed by atoms with Crippen LogP contribution < -0.4 is 5.32 Å². The maximum atomic E-state index is 12.9. The third-order valence-corrected chi connectivity index (χ3v) is 4.82. The van der Waals surface area contributed by atoms with Gasteiger partial charge in [0.15, 0.2) is 0 Å². The summed E-state index contributed by atoms with van der Waals surface area (Å²) in [6.07, 6.45) is 4.40. The number of aromatic nitrogens is 1. The quantitative estimate of drug-likeness (QED) is 0.772. The first kappa shape index (κ1) is 19.0. The smallest absolute Gasteiger partial charge is 0.221 e. The molecule has 25 heavy (non-hydrogen) atoms. The Morgan fingerprint density at radius 3 is 2.36 bits per heavy atom. The van der Waals surface area contributed by atoms with Crippen molar-refractivity contribution in [3.05, 3.63) is 65.7 Å². The molecule has 1 N–H and O–H groups in total. The summed E-state index contributed by atoms with van der Waals surface area (Å²) in [5.74, 6) is -0.630. The summed E-state index contributed by atoms with van der Waals surface area (Å²) < 4.78 is 38.0. The first-order valence-electron chi connectivity index (χ1n) is 7.70. The van der Waals surface area contributed by atoms with Crippen LogP contribution in [0.4, 0.5) is 4.39 Å². The average Bonchev–Trinajstić information content (AvgIpc) is 2.58. The highest BCUT2D eigenvalue weighted by atomic mass is 32.2. The van der Waals surface area contributed by atoms with Crippen molar-refractivity contribution in [2.45, 2.75) is 19.5 Å². The van der Waals surface area contributed by atoms with E-state index >= 15 is 0 Å². The standard InChI is InChI=1S/C17H20FN3O3S/c1-25(23,24)21(13-15-2-4-16(18)5-3-15)11-8-17(22)20-12-14-6-9-19-10-7-14/h2-7,9-10H,8,11-13H2,1H3,(H,20,22). The fourth-order valence-electron chi connectivity index (χ4n) is 2.17. The zero-order valence-corrected chi connectivity index (χ0v) is 14.7. The summed E-state index contributed by atoms with van der Waals surface area (Å²) in [6, 6.07) is 9.18.